The Bertz CT molecular complexity index is 1260. The number of aryl methyl sites for hydroxylation is 1. The molecule has 242 valence electrons. The van der Waals surface area contributed by atoms with Gasteiger partial charge in [0.2, 0.25) is 0 Å². The fraction of sp³-hybridized carbons (Fsp3) is 0.719. The van der Waals surface area contributed by atoms with E-state index in [4.69, 9.17) is 28.7 Å². The Morgan fingerprint density at radius 1 is 1.07 bits per heavy atom. The number of nitrogens with zero attached hydrogens (tertiary/aromatic N) is 5. The minimum Gasteiger partial charge on any atom is -0.488 e. The number of hydrogen-bond acceptors (Lipinski definition) is 10. The van der Waals surface area contributed by atoms with E-state index in [1.165, 1.54) is 6.42 Å². The molecule has 0 N–H and O–H groups in total. The molecule has 1 aliphatic heterocycles. The molecule has 3 fully saturated rings. The molecule has 2 aromatic rings. The Morgan fingerprint density at radius 2 is 1.89 bits per heavy atom. The zero-order valence-corrected chi connectivity index (χ0v) is 26.5. The molecule has 2 aliphatic carbocycles. The standard InChI is InChI=1S/C32H47N5O7/c1-21(2)43-31(38)23-11-8-12-24(17-23)44-28-15-14-25(33-26(28)19-41-29-13-5-6-16-40-29)30-27(37(4)35-34-30)20-42-32(39)36(3)18-22-9-7-10-22/h14-15,21-24,29H,5-13,16-20H2,1-4H3. The van der Waals surface area contributed by atoms with Gasteiger partial charge in [-0.25, -0.2) is 14.5 Å². The van der Waals surface area contributed by atoms with Crippen LogP contribution in [0.3, 0.4) is 0 Å². The van der Waals surface area contributed by atoms with Gasteiger partial charge < -0.3 is 28.6 Å². The summed E-state index contributed by atoms with van der Waals surface area (Å²) >= 11 is 0. The summed E-state index contributed by atoms with van der Waals surface area (Å²) in [7, 11) is 3.54. The van der Waals surface area contributed by atoms with Gasteiger partial charge in [-0.3, -0.25) is 4.79 Å². The number of carbonyl (C=O) groups is 2. The van der Waals surface area contributed by atoms with Crippen molar-refractivity contribution in [1.29, 1.82) is 0 Å². The minimum absolute atomic E-state index is 0.0181. The van der Waals surface area contributed by atoms with E-state index in [1.807, 2.05) is 26.0 Å². The van der Waals surface area contributed by atoms with Gasteiger partial charge in [0.05, 0.1) is 30.4 Å². The molecule has 0 spiro atoms. The van der Waals surface area contributed by atoms with E-state index in [9.17, 15) is 9.59 Å². The molecule has 0 bridgehead atoms. The van der Waals surface area contributed by atoms with E-state index in [0.29, 0.717) is 54.0 Å². The van der Waals surface area contributed by atoms with Gasteiger partial charge in [-0.2, -0.15) is 0 Å². The van der Waals surface area contributed by atoms with Crippen LogP contribution in [0.25, 0.3) is 11.4 Å². The van der Waals surface area contributed by atoms with Crippen molar-refractivity contribution in [2.45, 2.75) is 110 Å². The van der Waals surface area contributed by atoms with E-state index in [1.54, 1.807) is 23.7 Å². The first-order valence-corrected chi connectivity index (χ1v) is 16.1. The third kappa shape index (κ3) is 8.47. The summed E-state index contributed by atoms with van der Waals surface area (Å²) in [5.41, 5.74) is 2.34. The van der Waals surface area contributed by atoms with Crippen LogP contribution >= 0.6 is 0 Å². The topological polar surface area (TPSA) is 127 Å². The lowest BCUT2D eigenvalue weighted by molar-refractivity contribution is -0.169. The van der Waals surface area contributed by atoms with Crippen molar-refractivity contribution in [1.82, 2.24) is 24.9 Å². The number of aromatic nitrogens is 4. The van der Waals surface area contributed by atoms with Crippen LogP contribution in [0, 0.1) is 11.8 Å². The second kappa shape index (κ2) is 15.2. The van der Waals surface area contributed by atoms with Crippen LogP contribution in [0.5, 0.6) is 5.75 Å². The van der Waals surface area contributed by atoms with Crippen LogP contribution in [-0.4, -0.2) is 75.6 Å². The SMILES string of the molecule is CC(C)OC(=O)C1CCCC(Oc2ccc(-c3nnn(C)c3COC(=O)N(C)CC3CCC3)nc2COC2CCCCO2)C1. The molecule has 0 aromatic carbocycles. The van der Waals surface area contributed by atoms with Gasteiger partial charge in [0.15, 0.2) is 6.29 Å². The summed E-state index contributed by atoms with van der Waals surface area (Å²) in [4.78, 5) is 31.8. The van der Waals surface area contributed by atoms with Crippen molar-refractivity contribution in [2.75, 3.05) is 20.2 Å². The molecule has 3 unspecified atom stereocenters. The molecular weight excluding hydrogens is 566 g/mol. The number of pyridine rings is 1. The lowest BCUT2D eigenvalue weighted by Crippen LogP contribution is -2.34. The monoisotopic (exact) mass is 613 g/mol. The molecule has 44 heavy (non-hydrogen) atoms. The molecule has 3 aliphatic rings. The predicted molar refractivity (Wildman–Crippen MR) is 160 cm³/mol. The number of esters is 1. The average Bonchev–Trinajstić information content (AvgIpc) is 3.37. The Labute approximate surface area is 259 Å². The van der Waals surface area contributed by atoms with E-state index in [2.05, 4.69) is 10.3 Å². The maximum atomic E-state index is 12.7. The number of hydrogen-bond donors (Lipinski definition) is 0. The summed E-state index contributed by atoms with van der Waals surface area (Å²) < 4.78 is 31.1. The van der Waals surface area contributed by atoms with Crippen LogP contribution in [0.15, 0.2) is 12.1 Å². The molecule has 3 heterocycles. The second-order valence-electron chi connectivity index (χ2n) is 12.6. The van der Waals surface area contributed by atoms with Gasteiger partial charge in [-0.15, -0.1) is 5.10 Å². The largest absolute Gasteiger partial charge is 0.488 e. The highest BCUT2D eigenvalue weighted by Gasteiger charge is 2.31. The third-order valence-electron chi connectivity index (χ3n) is 8.67. The molecule has 12 nitrogen and oxygen atoms in total. The van der Waals surface area contributed by atoms with Crippen molar-refractivity contribution in [3.63, 3.8) is 0 Å². The fourth-order valence-corrected chi connectivity index (χ4v) is 5.93. The first-order chi connectivity index (χ1) is 21.3. The Balaban J connectivity index is 1.31. The Kier molecular flexibility index (Phi) is 11.1. The maximum Gasteiger partial charge on any atom is 0.409 e. The Hall–Kier alpha value is -3.25. The van der Waals surface area contributed by atoms with Gasteiger partial charge in [-0.05, 0) is 89.7 Å². The fourth-order valence-electron chi connectivity index (χ4n) is 5.93. The molecular formula is C32H47N5O7. The molecule has 2 aromatic heterocycles. The van der Waals surface area contributed by atoms with Crippen molar-refractivity contribution >= 4 is 12.1 Å². The quantitative estimate of drug-likeness (QED) is 0.296. The van der Waals surface area contributed by atoms with E-state index >= 15 is 0 Å². The van der Waals surface area contributed by atoms with Crippen LogP contribution in [0.4, 0.5) is 4.79 Å². The highest BCUT2D eigenvalue weighted by molar-refractivity contribution is 5.72. The number of ether oxygens (including phenoxy) is 5. The number of amides is 1. The molecule has 2 saturated carbocycles. The summed E-state index contributed by atoms with van der Waals surface area (Å²) in [6.45, 7) is 5.32. The third-order valence-corrected chi connectivity index (χ3v) is 8.67. The van der Waals surface area contributed by atoms with Gasteiger partial charge >= 0.3 is 12.1 Å². The predicted octanol–water partition coefficient (Wildman–Crippen LogP) is 5.18. The lowest BCUT2D eigenvalue weighted by atomic mass is 9.85. The maximum absolute atomic E-state index is 12.7. The van der Waals surface area contributed by atoms with Gasteiger partial charge in [-0.1, -0.05) is 11.6 Å². The molecule has 1 amide bonds. The highest BCUT2D eigenvalue weighted by Crippen LogP contribution is 2.32. The lowest BCUT2D eigenvalue weighted by Gasteiger charge is -2.29. The molecule has 12 heteroatoms. The van der Waals surface area contributed by atoms with Crippen molar-refractivity contribution in [3.05, 3.63) is 23.5 Å². The van der Waals surface area contributed by atoms with Crippen LogP contribution < -0.4 is 4.74 Å². The summed E-state index contributed by atoms with van der Waals surface area (Å²) in [5, 5.41) is 8.55. The smallest absolute Gasteiger partial charge is 0.409 e. The van der Waals surface area contributed by atoms with Crippen LogP contribution in [0.1, 0.15) is 89.4 Å². The molecule has 1 saturated heterocycles. The van der Waals surface area contributed by atoms with Crippen LogP contribution in [-0.2, 0) is 44.0 Å². The van der Waals surface area contributed by atoms with Crippen molar-refractivity contribution < 1.29 is 33.3 Å². The van der Waals surface area contributed by atoms with E-state index in [0.717, 1.165) is 51.4 Å². The highest BCUT2D eigenvalue weighted by atomic mass is 16.7. The molecule has 5 rings (SSSR count). The van der Waals surface area contributed by atoms with Gasteiger partial charge in [0, 0.05) is 27.2 Å². The summed E-state index contributed by atoms with van der Waals surface area (Å²) in [6, 6.07) is 3.71. The first kappa shape index (κ1) is 32.2. The summed E-state index contributed by atoms with van der Waals surface area (Å²) in [5.74, 6) is 0.808. The van der Waals surface area contributed by atoms with Crippen molar-refractivity contribution in [2.24, 2.45) is 18.9 Å². The molecule has 0 radical (unpaired) electrons. The zero-order valence-electron chi connectivity index (χ0n) is 26.5. The van der Waals surface area contributed by atoms with E-state index in [-0.39, 0.29) is 49.7 Å². The Morgan fingerprint density at radius 3 is 2.61 bits per heavy atom. The van der Waals surface area contributed by atoms with Crippen LogP contribution in [0.2, 0.25) is 0 Å². The summed E-state index contributed by atoms with van der Waals surface area (Å²) in [6.07, 6.45) is 8.60. The first-order valence-electron chi connectivity index (χ1n) is 16.1. The average molecular weight is 614 g/mol. The van der Waals surface area contributed by atoms with Gasteiger partial charge in [0.1, 0.15) is 29.4 Å². The van der Waals surface area contributed by atoms with Gasteiger partial charge in [0.25, 0.3) is 0 Å². The van der Waals surface area contributed by atoms with Crippen molar-refractivity contribution in [3.8, 4) is 17.1 Å². The normalized spacial score (nSPS) is 22.3. The van der Waals surface area contributed by atoms with E-state index < -0.39 is 0 Å². The minimum atomic E-state index is -0.370. The second-order valence-corrected chi connectivity index (χ2v) is 12.6. The number of rotatable bonds is 12. The number of carbonyl (C=O) groups excluding carboxylic acids is 2. The molecule has 3 atom stereocenters. The zero-order chi connectivity index (χ0) is 31.1.